The van der Waals surface area contributed by atoms with Crippen LogP contribution in [0.5, 0.6) is 0 Å². The van der Waals surface area contributed by atoms with Gasteiger partial charge in [-0.05, 0) is 23.8 Å². The van der Waals surface area contributed by atoms with Crippen molar-refractivity contribution in [3.63, 3.8) is 0 Å². The molecule has 0 unspecified atom stereocenters. The van der Waals surface area contributed by atoms with Gasteiger partial charge in [0.2, 0.25) is 0 Å². The Bertz CT molecular complexity index is 1180. The Kier molecular flexibility index (Phi) is 7.39. The van der Waals surface area contributed by atoms with Gasteiger partial charge in [-0.15, -0.1) is 0 Å². The number of nitro benzene ring substituents is 1. The predicted molar refractivity (Wildman–Crippen MR) is 133 cm³/mol. The van der Waals surface area contributed by atoms with Crippen LogP contribution < -0.4 is 10.6 Å². The van der Waals surface area contributed by atoms with Crippen LogP contribution in [0, 0.1) is 10.1 Å². The van der Waals surface area contributed by atoms with E-state index >= 15 is 0 Å². The molecule has 2 atom stereocenters. The fourth-order valence-corrected chi connectivity index (χ4v) is 4.23. The molecule has 1 fully saturated rings. The monoisotopic (exact) mass is 525 g/mol. The summed E-state index contributed by atoms with van der Waals surface area (Å²) in [6.07, 6.45) is 2.81. The largest absolute Gasteiger partial charge is 0.387 e. The molecule has 1 amide bonds. The number of rotatable bonds is 8. The second-order valence-electron chi connectivity index (χ2n) is 7.93. The fraction of sp³-hybridized carbons (Fsp3) is 0.250. The lowest BCUT2D eigenvalue weighted by Crippen LogP contribution is -2.34. The first-order valence-corrected chi connectivity index (χ1v) is 11.5. The molecule has 9 nitrogen and oxygen atoms in total. The fourth-order valence-electron chi connectivity index (χ4n) is 3.88. The highest BCUT2D eigenvalue weighted by atomic mass is 79.9. The number of hydrogen-bond donors (Lipinski definition) is 2. The van der Waals surface area contributed by atoms with Crippen molar-refractivity contribution in [3.05, 3.63) is 92.7 Å². The Morgan fingerprint density at radius 2 is 2.00 bits per heavy atom. The number of anilines is 2. The molecule has 0 radical (unpaired) electrons. The number of aromatic nitrogens is 1. The van der Waals surface area contributed by atoms with Gasteiger partial charge < -0.3 is 20.3 Å². The second-order valence-corrected chi connectivity index (χ2v) is 8.84. The van der Waals surface area contributed by atoms with Crippen molar-refractivity contribution in [1.82, 2.24) is 9.88 Å². The molecule has 176 valence electrons. The molecule has 2 heterocycles. The van der Waals surface area contributed by atoms with Crippen LogP contribution in [0.3, 0.4) is 0 Å². The maximum atomic E-state index is 13.2. The Hall–Kier alpha value is -3.50. The molecular weight excluding hydrogens is 502 g/mol. The number of halogens is 1. The van der Waals surface area contributed by atoms with Crippen LogP contribution in [-0.4, -0.2) is 53.0 Å². The zero-order chi connectivity index (χ0) is 24.1. The van der Waals surface area contributed by atoms with Crippen LogP contribution >= 0.6 is 15.9 Å². The van der Waals surface area contributed by atoms with Gasteiger partial charge in [0.15, 0.2) is 0 Å². The van der Waals surface area contributed by atoms with E-state index in [0.717, 1.165) is 11.3 Å². The van der Waals surface area contributed by atoms with Crippen molar-refractivity contribution in [3.8, 4) is 0 Å². The maximum Gasteiger partial charge on any atom is 0.293 e. The van der Waals surface area contributed by atoms with Crippen molar-refractivity contribution in [2.45, 2.75) is 18.8 Å². The van der Waals surface area contributed by atoms with Gasteiger partial charge >= 0.3 is 0 Å². The smallest absolute Gasteiger partial charge is 0.293 e. The zero-order valence-electron chi connectivity index (χ0n) is 18.5. The standard InChI is InChI=1S/C24H24BrN5O4/c1-26-19-9-17(11-27-12-19)24(31)29-13-21(23(14-29)34-15-16-5-3-2-4-6-16)28-20-8-7-18(25)10-22(20)30(32)33/h2-12,21,23,26,28H,13-15H2,1H3/t21-,23-/m0/s1. The third kappa shape index (κ3) is 5.52. The van der Waals surface area contributed by atoms with E-state index in [-0.39, 0.29) is 23.7 Å². The van der Waals surface area contributed by atoms with Gasteiger partial charge in [-0.3, -0.25) is 19.9 Å². The molecule has 0 bridgehead atoms. The molecule has 1 aliphatic rings. The van der Waals surface area contributed by atoms with Crippen LogP contribution in [0.4, 0.5) is 17.1 Å². The average Bonchev–Trinajstić information content (AvgIpc) is 3.26. The van der Waals surface area contributed by atoms with Gasteiger partial charge in [0.05, 0.1) is 34.9 Å². The molecule has 0 aliphatic carbocycles. The number of hydrogen-bond acceptors (Lipinski definition) is 7. The number of carbonyl (C=O) groups excluding carboxylic acids is 1. The minimum Gasteiger partial charge on any atom is -0.387 e. The molecule has 0 saturated carbocycles. The molecule has 34 heavy (non-hydrogen) atoms. The van der Waals surface area contributed by atoms with Crippen LogP contribution in [-0.2, 0) is 11.3 Å². The van der Waals surface area contributed by atoms with Crippen molar-refractivity contribution in [2.24, 2.45) is 0 Å². The molecule has 1 aromatic heterocycles. The van der Waals surface area contributed by atoms with Gasteiger partial charge in [0.1, 0.15) is 5.69 Å². The minimum absolute atomic E-state index is 0.0492. The molecule has 10 heteroatoms. The van der Waals surface area contributed by atoms with Crippen molar-refractivity contribution in [1.29, 1.82) is 0 Å². The molecule has 0 spiro atoms. The van der Waals surface area contributed by atoms with E-state index in [4.69, 9.17) is 4.74 Å². The van der Waals surface area contributed by atoms with Crippen LogP contribution in [0.2, 0.25) is 0 Å². The summed E-state index contributed by atoms with van der Waals surface area (Å²) in [5.41, 5.74) is 2.53. The summed E-state index contributed by atoms with van der Waals surface area (Å²) in [7, 11) is 1.76. The van der Waals surface area contributed by atoms with Gasteiger partial charge in [0.25, 0.3) is 11.6 Å². The third-order valence-corrected chi connectivity index (χ3v) is 6.12. The summed E-state index contributed by atoms with van der Waals surface area (Å²) in [5.74, 6) is -0.174. The topological polar surface area (TPSA) is 110 Å². The van der Waals surface area contributed by atoms with Crippen molar-refractivity contribution < 1.29 is 14.5 Å². The predicted octanol–water partition coefficient (Wildman–Crippen LogP) is 4.32. The van der Waals surface area contributed by atoms with Crippen LogP contribution in [0.1, 0.15) is 15.9 Å². The van der Waals surface area contributed by atoms with Gasteiger partial charge in [-0.1, -0.05) is 46.3 Å². The summed E-state index contributed by atoms with van der Waals surface area (Å²) < 4.78 is 6.81. The third-order valence-electron chi connectivity index (χ3n) is 5.63. The SMILES string of the molecule is CNc1cncc(C(=O)N2C[C@H](Nc3ccc(Br)cc3[N+](=O)[O-])[C@@H](OCc3ccccc3)C2)c1. The number of nitrogens with zero attached hydrogens (tertiary/aromatic N) is 3. The van der Waals surface area contributed by atoms with Crippen LogP contribution in [0.25, 0.3) is 0 Å². The van der Waals surface area contributed by atoms with Crippen LogP contribution in [0.15, 0.2) is 71.5 Å². The maximum absolute atomic E-state index is 13.2. The number of likely N-dealkylation sites (tertiary alicyclic amines) is 1. The van der Waals surface area contributed by atoms with E-state index in [2.05, 4.69) is 31.5 Å². The van der Waals surface area contributed by atoms with E-state index in [1.807, 2.05) is 30.3 Å². The Morgan fingerprint density at radius 3 is 2.74 bits per heavy atom. The van der Waals surface area contributed by atoms with Gasteiger partial charge in [0, 0.05) is 43.1 Å². The highest BCUT2D eigenvalue weighted by Crippen LogP contribution is 2.31. The number of benzene rings is 2. The Labute approximate surface area is 205 Å². The lowest BCUT2D eigenvalue weighted by Gasteiger charge is -2.21. The van der Waals surface area contributed by atoms with Gasteiger partial charge in [-0.2, -0.15) is 0 Å². The number of carbonyl (C=O) groups is 1. The quantitative estimate of drug-likeness (QED) is 0.333. The number of pyridine rings is 1. The first-order valence-electron chi connectivity index (χ1n) is 10.7. The van der Waals surface area contributed by atoms with E-state index < -0.39 is 4.92 Å². The summed E-state index contributed by atoms with van der Waals surface area (Å²) in [5, 5.41) is 17.8. The van der Waals surface area contributed by atoms with Gasteiger partial charge in [-0.25, -0.2) is 0 Å². The lowest BCUT2D eigenvalue weighted by molar-refractivity contribution is -0.384. The van der Waals surface area contributed by atoms with Crippen molar-refractivity contribution in [2.75, 3.05) is 30.8 Å². The minimum atomic E-state index is -0.431. The van der Waals surface area contributed by atoms with Crippen molar-refractivity contribution >= 4 is 38.9 Å². The molecule has 4 rings (SSSR count). The first kappa shape index (κ1) is 23.7. The normalized spacial score (nSPS) is 17.4. The highest BCUT2D eigenvalue weighted by molar-refractivity contribution is 9.10. The van der Waals surface area contributed by atoms with E-state index in [9.17, 15) is 14.9 Å². The summed E-state index contributed by atoms with van der Waals surface area (Å²) >= 11 is 3.29. The van der Waals surface area contributed by atoms with E-state index in [1.165, 1.54) is 12.3 Å². The molecule has 1 saturated heterocycles. The number of nitrogens with one attached hydrogen (secondary N) is 2. The zero-order valence-corrected chi connectivity index (χ0v) is 20.1. The number of nitro groups is 1. The van der Waals surface area contributed by atoms with E-state index in [0.29, 0.717) is 35.4 Å². The highest BCUT2D eigenvalue weighted by Gasteiger charge is 2.37. The summed E-state index contributed by atoms with van der Waals surface area (Å²) in [6, 6.07) is 16.0. The summed E-state index contributed by atoms with van der Waals surface area (Å²) in [6.45, 7) is 1.04. The first-order chi connectivity index (χ1) is 16.4. The number of ether oxygens (including phenoxy) is 1. The average molecular weight is 526 g/mol. The Morgan fingerprint density at radius 1 is 1.21 bits per heavy atom. The molecule has 1 aliphatic heterocycles. The molecule has 3 aromatic rings. The molecular formula is C24H24BrN5O4. The lowest BCUT2D eigenvalue weighted by atomic mass is 10.1. The molecule has 2 aromatic carbocycles. The second kappa shape index (κ2) is 10.6. The summed E-state index contributed by atoms with van der Waals surface area (Å²) in [4.78, 5) is 30.2. The Balaban J connectivity index is 1.56. The number of amides is 1. The molecule has 2 N–H and O–H groups in total. The van der Waals surface area contributed by atoms with E-state index in [1.54, 1.807) is 36.3 Å².